The maximum absolute atomic E-state index is 11.9. The second kappa shape index (κ2) is 5.54. The number of H-pyrrole nitrogens is 1. The van der Waals surface area contributed by atoms with Gasteiger partial charge in [0.15, 0.2) is 22.1 Å². The minimum Gasteiger partial charge on any atom is -0.386 e. The van der Waals surface area contributed by atoms with Crippen LogP contribution in [0, 0.1) is 0 Å². The minimum atomic E-state index is -3.41. The first-order valence-corrected chi connectivity index (χ1v) is 10.1. The van der Waals surface area contributed by atoms with Crippen molar-refractivity contribution in [1.82, 2.24) is 19.5 Å². The number of anilines is 1. The third-order valence-electron chi connectivity index (χ3n) is 3.75. The molecule has 0 aliphatic carbocycles. The Labute approximate surface area is 147 Å². The Morgan fingerprint density at radius 1 is 1.50 bits per heavy atom. The van der Waals surface area contributed by atoms with Crippen LogP contribution in [0.2, 0.25) is 0 Å². The Morgan fingerprint density at radius 2 is 2.25 bits per heavy atom. The number of hydrogen-bond donors (Lipinski definition) is 4. The molecule has 5 atom stereocenters. The van der Waals surface area contributed by atoms with E-state index in [1.165, 1.54) is 4.57 Å². The van der Waals surface area contributed by atoms with E-state index in [-0.39, 0.29) is 28.5 Å². The van der Waals surface area contributed by atoms with Crippen molar-refractivity contribution in [3.63, 3.8) is 0 Å². The molecule has 0 aromatic carbocycles. The highest BCUT2D eigenvalue weighted by Crippen LogP contribution is 2.53. The van der Waals surface area contributed by atoms with E-state index < -0.39 is 36.8 Å². The van der Waals surface area contributed by atoms with Crippen LogP contribution >= 0.6 is 22.6 Å². The van der Waals surface area contributed by atoms with Gasteiger partial charge in [-0.05, 0) is 27.7 Å². The molecule has 0 saturated carbocycles. The third kappa shape index (κ3) is 2.52. The summed E-state index contributed by atoms with van der Waals surface area (Å²) >= 11 is 8.02. The first kappa shape index (κ1) is 16.5. The number of aliphatic hydroxyl groups excluding tert-OH is 1. The van der Waals surface area contributed by atoms with E-state index >= 15 is 0 Å². The quantitative estimate of drug-likeness (QED) is 0.332. The van der Waals surface area contributed by atoms with Crippen LogP contribution in [0.4, 0.5) is 5.95 Å². The van der Waals surface area contributed by atoms with Gasteiger partial charge in [0.1, 0.15) is 18.3 Å². The highest BCUT2D eigenvalue weighted by atomic mass is 79.9. The normalized spacial score (nSPS) is 36.1. The lowest BCUT2D eigenvalue weighted by atomic mass is 10.1. The summed E-state index contributed by atoms with van der Waals surface area (Å²) in [5.74, 6) is -0.100. The summed E-state index contributed by atoms with van der Waals surface area (Å²) in [4.78, 5) is 32.2. The SMILES string of the molecule is Nc1nc2c(nc(Br)n2[C@@H]2O[C@@H]3COP(O)(=S)O[C@@H]3C2O)c(=O)[nH]1. The van der Waals surface area contributed by atoms with E-state index in [0.29, 0.717) is 0 Å². The summed E-state index contributed by atoms with van der Waals surface area (Å²) in [6.45, 7) is -3.43. The van der Waals surface area contributed by atoms with Crippen molar-refractivity contribution in [3.05, 3.63) is 15.1 Å². The van der Waals surface area contributed by atoms with Crippen molar-refractivity contribution < 1.29 is 23.8 Å². The molecule has 2 unspecified atom stereocenters. The summed E-state index contributed by atoms with van der Waals surface area (Å²) in [6, 6.07) is 0. The second-order valence-corrected chi connectivity index (χ2v) is 8.76. The molecular weight excluding hydrogens is 429 g/mol. The van der Waals surface area contributed by atoms with Crippen molar-refractivity contribution in [1.29, 1.82) is 0 Å². The molecule has 0 amide bonds. The van der Waals surface area contributed by atoms with E-state index in [9.17, 15) is 14.8 Å². The molecule has 2 aliphatic rings. The van der Waals surface area contributed by atoms with Gasteiger partial charge >= 0.3 is 6.72 Å². The molecule has 24 heavy (non-hydrogen) atoms. The summed E-state index contributed by atoms with van der Waals surface area (Å²) in [7, 11) is 0. The van der Waals surface area contributed by atoms with Crippen LogP contribution in [0.1, 0.15) is 6.23 Å². The van der Waals surface area contributed by atoms with E-state index in [0.717, 1.165) is 0 Å². The predicted molar refractivity (Wildman–Crippen MR) is 87.5 cm³/mol. The molecule has 2 aliphatic heterocycles. The molecular formula is C10H11BrN5O6PS. The Kier molecular flexibility index (Phi) is 3.82. The number of nitrogens with two attached hydrogens (primary N) is 1. The van der Waals surface area contributed by atoms with Crippen molar-refractivity contribution in [2.45, 2.75) is 24.5 Å². The maximum atomic E-state index is 11.9. The fraction of sp³-hybridized carbons (Fsp3) is 0.500. The van der Waals surface area contributed by atoms with Crippen LogP contribution in [-0.4, -0.2) is 54.4 Å². The molecule has 5 N–H and O–H groups in total. The number of aromatic amines is 1. The lowest BCUT2D eigenvalue weighted by Gasteiger charge is -2.30. The molecule has 11 nitrogen and oxygen atoms in total. The first-order chi connectivity index (χ1) is 11.3. The zero-order chi connectivity index (χ0) is 17.2. The monoisotopic (exact) mass is 439 g/mol. The van der Waals surface area contributed by atoms with Crippen LogP contribution < -0.4 is 11.3 Å². The predicted octanol–water partition coefficient (Wildman–Crippen LogP) is -0.645. The Morgan fingerprint density at radius 3 is 3.00 bits per heavy atom. The molecule has 2 aromatic rings. The lowest BCUT2D eigenvalue weighted by molar-refractivity contribution is -0.0600. The van der Waals surface area contributed by atoms with E-state index in [4.69, 9.17) is 31.3 Å². The molecule has 4 rings (SSSR count). The van der Waals surface area contributed by atoms with Crippen molar-refractivity contribution >= 4 is 51.6 Å². The standard InChI is InChI=1S/C10H11BrN5O6PS/c11-9-13-3-6(14-10(12)15-7(3)18)16(9)8-4(17)5-2(21-8)1-20-23(19,24)22-5/h2,4-5,8,17H,1H2,(H,19,24)(H3,12,14,15,18)/t2-,4?,5+,8-,23?/m1/s1. The minimum absolute atomic E-state index is 0.0214. The molecule has 2 saturated heterocycles. The van der Waals surface area contributed by atoms with Gasteiger partial charge in [-0.2, -0.15) is 4.98 Å². The molecule has 0 spiro atoms. The van der Waals surface area contributed by atoms with Crippen LogP contribution in [0.25, 0.3) is 11.2 Å². The number of aromatic nitrogens is 4. The number of ether oxygens (including phenoxy) is 1. The zero-order valence-electron chi connectivity index (χ0n) is 11.7. The van der Waals surface area contributed by atoms with E-state index in [1.807, 2.05) is 0 Å². The van der Waals surface area contributed by atoms with Crippen molar-refractivity contribution in [3.8, 4) is 0 Å². The van der Waals surface area contributed by atoms with Crippen molar-refractivity contribution in [2.24, 2.45) is 0 Å². The molecule has 2 aromatic heterocycles. The third-order valence-corrected chi connectivity index (χ3v) is 5.87. The average molecular weight is 440 g/mol. The van der Waals surface area contributed by atoms with Gasteiger partial charge in [0.05, 0.1) is 6.61 Å². The number of aliphatic hydroxyl groups is 1. The molecule has 2 fully saturated rings. The number of rotatable bonds is 1. The van der Waals surface area contributed by atoms with Crippen LogP contribution in [0.5, 0.6) is 0 Å². The molecule has 130 valence electrons. The highest BCUT2D eigenvalue weighted by molar-refractivity contribution is 9.10. The molecule has 0 bridgehead atoms. The zero-order valence-corrected chi connectivity index (χ0v) is 15.0. The number of nitrogens with one attached hydrogen (secondary N) is 1. The lowest BCUT2D eigenvalue weighted by Crippen LogP contribution is -2.39. The van der Waals surface area contributed by atoms with E-state index in [1.54, 1.807) is 0 Å². The van der Waals surface area contributed by atoms with Gasteiger partial charge in [-0.1, -0.05) is 0 Å². The van der Waals surface area contributed by atoms with Gasteiger partial charge in [-0.3, -0.25) is 18.9 Å². The maximum Gasteiger partial charge on any atom is 0.325 e. The summed E-state index contributed by atoms with van der Waals surface area (Å²) in [5, 5.41) is 10.6. The van der Waals surface area contributed by atoms with Crippen LogP contribution in [0.15, 0.2) is 9.53 Å². The first-order valence-electron chi connectivity index (χ1n) is 6.69. The number of nitrogen functional groups attached to an aromatic ring is 1. The number of fused-ring (bicyclic) bond motifs is 2. The number of hydrogen-bond acceptors (Lipinski definition) is 9. The van der Waals surface area contributed by atoms with Gasteiger partial charge in [-0.15, -0.1) is 0 Å². The number of nitrogens with zero attached hydrogens (tertiary/aromatic N) is 3. The molecule has 0 radical (unpaired) electrons. The van der Waals surface area contributed by atoms with Gasteiger partial charge in [0.2, 0.25) is 5.95 Å². The topological polar surface area (TPSA) is 158 Å². The van der Waals surface area contributed by atoms with Gasteiger partial charge in [-0.25, -0.2) is 4.98 Å². The average Bonchev–Trinajstić information content (AvgIpc) is 2.96. The molecule has 4 heterocycles. The van der Waals surface area contributed by atoms with Crippen LogP contribution in [-0.2, 0) is 25.6 Å². The largest absolute Gasteiger partial charge is 0.386 e. The summed E-state index contributed by atoms with van der Waals surface area (Å²) in [5.41, 5.74) is 5.22. The number of halogens is 1. The second-order valence-electron chi connectivity index (χ2n) is 5.26. The molecule has 14 heteroatoms. The Hall–Kier alpha value is -0.920. The fourth-order valence-corrected chi connectivity index (χ4v) is 4.74. The van der Waals surface area contributed by atoms with Crippen LogP contribution in [0.3, 0.4) is 0 Å². The van der Waals surface area contributed by atoms with E-state index in [2.05, 4.69) is 30.9 Å². The summed E-state index contributed by atoms with van der Waals surface area (Å²) < 4.78 is 17.6. The van der Waals surface area contributed by atoms with Crippen molar-refractivity contribution in [2.75, 3.05) is 12.3 Å². The Bertz CT molecular complexity index is 934. The fourth-order valence-electron chi connectivity index (χ4n) is 2.75. The number of imidazole rings is 1. The van der Waals surface area contributed by atoms with Gasteiger partial charge < -0.3 is 25.0 Å². The summed E-state index contributed by atoms with van der Waals surface area (Å²) in [6.07, 6.45) is -3.69. The Balaban J connectivity index is 1.80. The smallest absolute Gasteiger partial charge is 0.325 e. The highest BCUT2D eigenvalue weighted by Gasteiger charge is 2.51. The van der Waals surface area contributed by atoms with Gasteiger partial charge in [0, 0.05) is 0 Å². The van der Waals surface area contributed by atoms with Gasteiger partial charge in [0.25, 0.3) is 5.56 Å².